The molecule has 0 aliphatic carbocycles. The molecule has 4 N–H and O–H groups in total. The zero-order chi connectivity index (χ0) is 39.4. The average Bonchev–Trinajstić information content (AvgIpc) is 3.18. The molecule has 0 radical (unpaired) electrons. The first-order chi connectivity index (χ1) is 26.6. The van der Waals surface area contributed by atoms with E-state index in [2.05, 4.69) is 20.4 Å². The summed E-state index contributed by atoms with van der Waals surface area (Å²) in [5, 5.41) is 25.4. The number of amides is 2. The van der Waals surface area contributed by atoms with Crippen LogP contribution in [0.15, 0.2) is 24.3 Å². The number of piperidine rings is 2. The van der Waals surface area contributed by atoms with E-state index in [4.69, 9.17) is 51.1 Å². The maximum atomic E-state index is 12.3. The molecule has 2 saturated heterocycles. The van der Waals surface area contributed by atoms with Crippen molar-refractivity contribution < 1.29 is 24.5 Å². The van der Waals surface area contributed by atoms with Gasteiger partial charge in [0.05, 0.1) is 32.3 Å². The van der Waals surface area contributed by atoms with Crippen LogP contribution in [-0.2, 0) is 4.74 Å². The number of hydrogen-bond acceptors (Lipinski definition) is 7. The first-order valence-corrected chi connectivity index (χ1v) is 22.1. The second-order valence-corrected chi connectivity index (χ2v) is 16.9. The van der Waals surface area contributed by atoms with E-state index >= 15 is 0 Å². The number of phenolic OH excluding ortho intramolecular Hbond substituents is 2. The third kappa shape index (κ3) is 16.8. The van der Waals surface area contributed by atoms with E-state index in [1.807, 2.05) is 0 Å². The molecule has 308 valence electrons. The van der Waals surface area contributed by atoms with Gasteiger partial charge >= 0.3 is 0 Å². The minimum absolute atomic E-state index is 0.0779. The molecule has 2 aromatic rings. The van der Waals surface area contributed by atoms with Crippen LogP contribution in [-0.4, -0.2) is 96.4 Å². The molecule has 0 spiro atoms. The Morgan fingerprint density at radius 2 is 0.818 bits per heavy atom. The molecule has 2 fully saturated rings. The van der Waals surface area contributed by atoms with Crippen LogP contribution >= 0.6 is 46.4 Å². The zero-order valence-corrected chi connectivity index (χ0v) is 35.4. The molecule has 55 heavy (non-hydrogen) atoms. The van der Waals surface area contributed by atoms with Gasteiger partial charge in [-0.15, -0.1) is 0 Å². The zero-order valence-electron chi connectivity index (χ0n) is 32.4. The number of aromatic hydroxyl groups is 2. The molecule has 2 aromatic carbocycles. The Morgan fingerprint density at radius 1 is 0.527 bits per heavy atom. The number of nitrogens with zero attached hydrogens (tertiary/aromatic N) is 2. The smallest absolute Gasteiger partial charge is 0.251 e. The first kappa shape index (κ1) is 45.7. The summed E-state index contributed by atoms with van der Waals surface area (Å²) in [5.74, 6) is -0.857. The molecular weight excluding hydrogens is 782 g/mol. The fourth-order valence-electron chi connectivity index (χ4n) is 7.50. The monoisotopic (exact) mass is 842 g/mol. The van der Waals surface area contributed by atoms with Gasteiger partial charge in [-0.1, -0.05) is 111 Å². The van der Waals surface area contributed by atoms with Gasteiger partial charge in [0.1, 0.15) is 0 Å². The van der Waals surface area contributed by atoms with Crippen LogP contribution in [0.5, 0.6) is 11.5 Å². The summed E-state index contributed by atoms with van der Waals surface area (Å²) >= 11 is 23.7. The van der Waals surface area contributed by atoms with Crippen molar-refractivity contribution in [2.75, 3.05) is 52.4 Å². The number of carbonyl (C=O) groups excluding carboxylic acids is 2. The van der Waals surface area contributed by atoms with Gasteiger partial charge in [0.15, 0.2) is 11.5 Å². The summed E-state index contributed by atoms with van der Waals surface area (Å²) in [5.41, 5.74) is 0.714. The number of carbonyl (C=O) groups is 2. The highest BCUT2D eigenvalue weighted by molar-refractivity contribution is 6.38. The summed E-state index contributed by atoms with van der Waals surface area (Å²) in [6.07, 6.45) is 21.9. The second kappa shape index (κ2) is 25.4. The van der Waals surface area contributed by atoms with Gasteiger partial charge in [0.25, 0.3) is 11.8 Å². The van der Waals surface area contributed by atoms with Crippen molar-refractivity contribution in [1.29, 1.82) is 0 Å². The van der Waals surface area contributed by atoms with E-state index in [0.717, 1.165) is 77.5 Å². The molecule has 4 rings (SSSR count). The number of likely N-dealkylation sites (tertiary alicyclic amines) is 2. The molecule has 2 heterocycles. The molecule has 2 aliphatic rings. The lowest BCUT2D eigenvalue weighted by Gasteiger charge is -2.37. The van der Waals surface area contributed by atoms with Gasteiger partial charge in [-0.25, -0.2) is 0 Å². The quantitative estimate of drug-likeness (QED) is 0.0778. The Balaban J connectivity index is 0.892. The SMILES string of the molecule is O=C(NCCCCCCCCCN1CCC(OC2CCN(CCCCCCCCCNC(=O)c3cc(Cl)c(O)c(Cl)c3)CC2)CC1)c1cc(Cl)c(O)c(Cl)c1. The minimum atomic E-state index is -0.227. The predicted molar refractivity (Wildman–Crippen MR) is 226 cm³/mol. The van der Waals surface area contributed by atoms with Gasteiger partial charge in [-0.2, -0.15) is 0 Å². The second-order valence-electron chi connectivity index (χ2n) is 15.3. The van der Waals surface area contributed by atoms with E-state index < -0.39 is 0 Å². The van der Waals surface area contributed by atoms with Gasteiger partial charge in [-0.05, 0) is 88.7 Å². The lowest BCUT2D eigenvalue weighted by atomic mass is 10.0. The molecule has 2 amide bonds. The van der Waals surface area contributed by atoms with Crippen molar-refractivity contribution in [3.63, 3.8) is 0 Å². The molecule has 2 aliphatic heterocycles. The Hall–Kier alpha value is -1.98. The standard InChI is InChI=1S/C42H62Cl4N4O5/c43-35-27-31(28-36(44)39(35)51)41(53)47-19-11-7-3-1-5-9-13-21-49-23-15-33(16-24-49)55-34-17-25-50(26-18-34)22-14-10-6-2-4-8-12-20-48-42(54)32-29-37(45)40(52)38(46)30-32/h27-30,33-34,51-52H,1-26H2,(H,47,53)(H,48,54). The Morgan fingerprint density at radius 3 is 1.15 bits per heavy atom. The predicted octanol–water partition coefficient (Wildman–Crippen LogP) is 10.3. The Kier molecular flexibility index (Phi) is 21.1. The molecule has 9 nitrogen and oxygen atoms in total. The van der Waals surface area contributed by atoms with Crippen molar-refractivity contribution in [3.05, 3.63) is 55.5 Å². The summed E-state index contributed by atoms with van der Waals surface area (Å²) < 4.78 is 6.58. The van der Waals surface area contributed by atoms with Gasteiger partial charge < -0.3 is 35.4 Å². The van der Waals surface area contributed by atoms with E-state index in [-0.39, 0.29) is 43.4 Å². The third-order valence-electron chi connectivity index (χ3n) is 10.9. The molecular formula is C42H62Cl4N4O5. The van der Waals surface area contributed by atoms with Crippen molar-refractivity contribution in [2.24, 2.45) is 0 Å². The molecule has 0 aromatic heterocycles. The highest BCUT2D eigenvalue weighted by Crippen LogP contribution is 2.33. The number of hydrogen-bond donors (Lipinski definition) is 4. The van der Waals surface area contributed by atoms with Gasteiger partial charge in [-0.3, -0.25) is 9.59 Å². The highest BCUT2D eigenvalue weighted by Gasteiger charge is 2.25. The van der Waals surface area contributed by atoms with E-state index in [1.165, 1.54) is 102 Å². The van der Waals surface area contributed by atoms with Crippen molar-refractivity contribution >= 4 is 58.2 Å². The summed E-state index contributed by atoms with van der Waals surface area (Å²) in [6, 6.07) is 5.73. The van der Waals surface area contributed by atoms with E-state index in [0.29, 0.717) is 36.4 Å². The lowest BCUT2D eigenvalue weighted by Crippen LogP contribution is -2.42. The summed E-state index contributed by atoms with van der Waals surface area (Å²) in [6.45, 7) is 8.23. The van der Waals surface area contributed by atoms with Crippen LogP contribution in [0.1, 0.15) is 136 Å². The Labute approximate surface area is 348 Å². The number of benzene rings is 2. The molecule has 13 heteroatoms. The van der Waals surface area contributed by atoms with Gasteiger partial charge in [0, 0.05) is 50.4 Å². The first-order valence-electron chi connectivity index (χ1n) is 20.6. The number of halogens is 4. The number of unbranched alkanes of at least 4 members (excludes halogenated alkanes) is 12. The highest BCUT2D eigenvalue weighted by atomic mass is 35.5. The van der Waals surface area contributed by atoms with Crippen LogP contribution in [0.4, 0.5) is 0 Å². The Bertz CT molecular complexity index is 1310. The number of ether oxygens (including phenoxy) is 1. The number of rotatable bonds is 24. The van der Waals surface area contributed by atoms with Gasteiger partial charge in [0.2, 0.25) is 0 Å². The summed E-state index contributed by atoms with van der Waals surface area (Å²) in [7, 11) is 0. The average molecular weight is 845 g/mol. The maximum absolute atomic E-state index is 12.3. The fraction of sp³-hybridized carbons (Fsp3) is 0.667. The van der Waals surface area contributed by atoms with Crippen LogP contribution in [0, 0.1) is 0 Å². The normalized spacial score (nSPS) is 16.1. The maximum Gasteiger partial charge on any atom is 0.251 e. The third-order valence-corrected chi connectivity index (χ3v) is 12.0. The van der Waals surface area contributed by atoms with E-state index in [1.54, 1.807) is 0 Å². The molecule has 0 bridgehead atoms. The largest absolute Gasteiger partial charge is 0.505 e. The van der Waals surface area contributed by atoms with Crippen molar-refractivity contribution in [2.45, 2.75) is 128 Å². The minimum Gasteiger partial charge on any atom is -0.505 e. The topological polar surface area (TPSA) is 114 Å². The lowest BCUT2D eigenvalue weighted by molar-refractivity contribution is -0.0650. The van der Waals surface area contributed by atoms with E-state index in [9.17, 15) is 19.8 Å². The summed E-state index contributed by atoms with van der Waals surface area (Å²) in [4.78, 5) is 29.8. The van der Waals surface area contributed by atoms with Crippen LogP contribution in [0.2, 0.25) is 20.1 Å². The van der Waals surface area contributed by atoms with Crippen molar-refractivity contribution in [1.82, 2.24) is 20.4 Å². The molecule has 0 saturated carbocycles. The van der Waals surface area contributed by atoms with Crippen LogP contribution < -0.4 is 10.6 Å². The van der Waals surface area contributed by atoms with Crippen LogP contribution in [0.3, 0.4) is 0 Å². The fourth-order valence-corrected chi connectivity index (χ4v) is 8.47. The van der Waals surface area contributed by atoms with Crippen molar-refractivity contribution in [3.8, 4) is 11.5 Å². The van der Waals surface area contributed by atoms with Crippen LogP contribution in [0.25, 0.3) is 0 Å². The number of nitrogens with one attached hydrogen (secondary N) is 2. The molecule has 0 unspecified atom stereocenters. The number of phenols is 2. The molecule has 0 atom stereocenters.